The summed E-state index contributed by atoms with van der Waals surface area (Å²) in [5, 5.41) is 3.11. The summed E-state index contributed by atoms with van der Waals surface area (Å²) in [6.07, 6.45) is 0. The molecule has 128 valence electrons. The fourth-order valence-electron chi connectivity index (χ4n) is 3.08. The van der Waals surface area contributed by atoms with Gasteiger partial charge in [0.25, 0.3) is 5.91 Å². The SMILES string of the molecule is CC[N+](CC)(CC(=O)Nc1cccc(C)c1C)Cc1ccccc1. The van der Waals surface area contributed by atoms with E-state index in [1.54, 1.807) is 0 Å². The van der Waals surface area contributed by atoms with Crippen LogP contribution in [0.1, 0.15) is 30.5 Å². The first-order valence-electron chi connectivity index (χ1n) is 8.75. The van der Waals surface area contributed by atoms with Gasteiger partial charge in [0.1, 0.15) is 6.54 Å². The molecule has 0 aromatic heterocycles. The lowest BCUT2D eigenvalue weighted by Gasteiger charge is -2.36. The highest BCUT2D eigenvalue weighted by Gasteiger charge is 2.27. The van der Waals surface area contributed by atoms with Crippen LogP contribution in [0, 0.1) is 13.8 Å². The van der Waals surface area contributed by atoms with E-state index in [2.05, 4.69) is 63.3 Å². The van der Waals surface area contributed by atoms with Crippen molar-refractivity contribution in [2.75, 3.05) is 25.0 Å². The second-order valence-electron chi connectivity index (χ2n) is 6.57. The van der Waals surface area contributed by atoms with E-state index in [4.69, 9.17) is 0 Å². The molecule has 1 amide bonds. The summed E-state index contributed by atoms with van der Waals surface area (Å²) in [7, 11) is 0. The molecule has 3 nitrogen and oxygen atoms in total. The largest absolute Gasteiger partial charge is 0.321 e. The number of likely N-dealkylation sites (N-methyl/N-ethyl adjacent to an activating group) is 1. The standard InChI is InChI=1S/C21H28N2O/c1-5-23(6-2,15-19-12-8-7-9-13-19)16-21(24)22-20-14-10-11-17(3)18(20)4/h7-14H,5-6,15-16H2,1-4H3/p+1. The highest BCUT2D eigenvalue weighted by molar-refractivity contribution is 5.92. The van der Waals surface area contributed by atoms with Gasteiger partial charge in [0, 0.05) is 11.3 Å². The zero-order chi connectivity index (χ0) is 17.6. The molecule has 0 unspecified atom stereocenters. The van der Waals surface area contributed by atoms with Gasteiger partial charge in [0.2, 0.25) is 0 Å². The molecule has 0 aliphatic carbocycles. The van der Waals surface area contributed by atoms with Crippen LogP contribution in [0.25, 0.3) is 0 Å². The Morgan fingerprint density at radius 3 is 2.25 bits per heavy atom. The molecule has 0 saturated carbocycles. The van der Waals surface area contributed by atoms with Gasteiger partial charge in [-0.25, -0.2) is 0 Å². The van der Waals surface area contributed by atoms with Crippen molar-refractivity contribution in [1.82, 2.24) is 0 Å². The van der Waals surface area contributed by atoms with E-state index in [9.17, 15) is 4.79 Å². The molecule has 1 N–H and O–H groups in total. The summed E-state index contributed by atoms with van der Waals surface area (Å²) >= 11 is 0. The van der Waals surface area contributed by atoms with E-state index in [1.165, 1.54) is 11.1 Å². The minimum absolute atomic E-state index is 0.0864. The van der Waals surface area contributed by atoms with Crippen molar-refractivity contribution in [3.8, 4) is 0 Å². The molecule has 0 fully saturated rings. The zero-order valence-electron chi connectivity index (χ0n) is 15.3. The predicted octanol–water partition coefficient (Wildman–Crippen LogP) is 4.30. The Hall–Kier alpha value is -2.13. The van der Waals surface area contributed by atoms with Gasteiger partial charge < -0.3 is 9.80 Å². The molecular formula is C21H29N2O+. The Labute approximate surface area is 145 Å². The molecular weight excluding hydrogens is 296 g/mol. The lowest BCUT2D eigenvalue weighted by atomic mass is 10.1. The lowest BCUT2D eigenvalue weighted by Crippen LogP contribution is -2.51. The van der Waals surface area contributed by atoms with Crippen molar-refractivity contribution in [2.24, 2.45) is 0 Å². The number of carbonyl (C=O) groups excluding carboxylic acids is 1. The molecule has 0 bridgehead atoms. The summed E-state index contributed by atoms with van der Waals surface area (Å²) < 4.78 is 0.765. The number of quaternary nitrogens is 1. The van der Waals surface area contributed by atoms with Crippen molar-refractivity contribution in [3.63, 3.8) is 0 Å². The molecule has 24 heavy (non-hydrogen) atoms. The minimum Gasteiger partial charge on any atom is -0.321 e. The fraction of sp³-hybridized carbons (Fsp3) is 0.381. The first-order valence-corrected chi connectivity index (χ1v) is 8.75. The highest BCUT2D eigenvalue weighted by Crippen LogP contribution is 2.19. The number of nitrogens with one attached hydrogen (secondary N) is 1. The number of hydrogen-bond acceptors (Lipinski definition) is 1. The van der Waals surface area contributed by atoms with Crippen molar-refractivity contribution in [2.45, 2.75) is 34.2 Å². The van der Waals surface area contributed by atoms with Crippen LogP contribution in [0.15, 0.2) is 48.5 Å². The van der Waals surface area contributed by atoms with Crippen LogP contribution < -0.4 is 5.32 Å². The molecule has 0 aliphatic rings. The third-order valence-corrected chi connectivity index (χ3v) is 5.06. The number of benzene rings is 2. The van der Waals surface area contributed by atoms with Crippen LogP contribution in [0.5, 0.6) is 0 Å². The molecule has 0 spiro atoms. The second-order valence-corrected chi connectivity index (χ2v) is 6.57. The van der Waals surface area contributed by atoms with E-state index in [0.29, 0.717) is 6.54 Å². The van der Waals surface area contributed by atoms with Gasteiger partial charge in [0.15, 0.2) is 6.54 Å². The van der Waals surface area contributed by atoms with E-state index in [-0.39, 0.29) is 5.91 Å². The van der Waals surface area contributed by atoms with Crippen molar-refractivity contribution in [3.05, 3.63) is 65.2 Å². The lowest BCUT2D eigenvalue weighted by molar-refractivity contribution is -0.930. The second kappa shape index (κ2) is 8.11. The molecule has 2 aromatic carbocycles. The third kappa shape index (κ3) is 4.45. The molecule has 0 atom stereocenters. The molecule has 2 rings (SSSR count). The van der Waals surface area contributed by atoms with Crippen molar-refractivity contribution < 1.29 is 9.28 Å². The molecule has 0 radical (unpaired) electrons. The Morgan fingerprint density at radius 2 is 1.62 bits per heavy atom. The number of hydrogen-bond donors (Lipinski definition) is 1. The molecule has 0 heterocycles. The number of nitrogens with zero attached hydrogens (tertiary/aromatic N) is 1. The average molecular weight is 325 g/mol. The van der Waals surface area contributed by atoms with Crippen LogP contribution in [0.4, 0.5) is 5.69 Å². The van der Waals surface area contributed by atoms with Gasteiger partial charge in [-0.05, 0) is 44.9 Å². The number of amides is 1. The molecule has 3 heteroatoms. The third-order valence-electron chi connectivity index (χ3n) is 5.06. The Morgan fingerprint density at radius 1 is 0.958 bits per heavy atom. The maximum atomic E-state index is 12.7. The van der Waals surface area contributed by atoms with Gasteiger partial charge in [-0.2, -0.15) is 0 Å². The Kier molecular flexibility index (Phi) is 6.16. The summed E-state index contributed by atoms with van der Waals surface area (Å²) in [4.78, 5) is 12.7. The first-order chi connectivity index (χ1) is 11.5. The fourth-order valence-corrected chi connectivity index (χ4v) is 3.08. The van der Waals surface area contributed by atoms with E-state index in [0.717, 1.165) is 35.4 Å². The van der Waals surface area contributed by atoms with E-state index in [1.807, 2.05) is 18.2 Å². The van der Waals surface area contributed by atoms with Crippen LogP contribution in [-0.4, -0.2) is 30.0 Å². The summed E-state index contributed by atoms with van der Waals surface area (Å²) in [5.74, 6) is 0.0864. The number of carbonyl (C=O) groups is 1. The van der Waals surface area contributed by atoms with Crippen LogP contribution in [0.2, 0.25) is 0 Å². The van der Waals surface area contributed by atoms with E-state index >= 15 is 0 Å². The van der Waals surface area contributed by atoms with Gasteiger partial charge in [-0.1, -0.05) is 42.5 Å². The molecule has 0 saturated heterocycles. The summed E-state index contributed by atoms with van der Waals surface area (Å²) in [6, 6.07) is 16.5. The number of anilines is 1. The maximum Gasteiger partial charge on any atom is 0.279 e. The van der Waals surface area contributed by atoms with Crippen LogP contribution in [0.3, 0.4) is 0 Å². The van der Waals surface area contributed by atoms with Gasteiger partial charge >= 0.3 is 0 Å². The van der Waals surface area contributed by atoms with E-state index < -0.39 is 0 Å². The smallest absolute Gasteiger partial charge is 0.279 e. The van der Waals surface area contributed by atoms with Crippen molar-refractivity contribution >= 4 is 11.6 Å². The molecule has 2 aromatic rings. The predicted molar refractivity (Wildman–Crippen MR) is 101 cm³/mol. The monoisotopic (exact) mass is 325 g/mol. The average Bonchev–Trinajstić information content (AvgIpc) is 2.59. The van der Waals surface area contributed by atoms with Gasteiger partial charge in [0.05, 0.1) is 13.1 Å². The highest BCUT2D eigenvalue weighted by atomic mass is 16.2. The Balaban J connectivity index is 2.12. The maximum absolute atomic E-state index is 12.7. The normalized spacial score (nSPS) is 11.3. The topological polar surface area (TPSA) is 29.1 Å². The Bertz CT molecular complexity index is 675. The minimum atomic E-state index is 0.0864. The van der Waals surface area contributed by atoms with Crippen LogP contribution in [-0.2, 0) is 11.3 Å². The molecule has 0 aliphatic heterocycles. The number of rotatable bonds is 7. The van der Waals surface area contributed by atoms with Crippen LogP contribution >= 0.6 is 0 Å². The first kappa shape index (κ1) is 18.2. The summed E-state index contributed by atoms with van der Waals surface area (Å²) in [5.41, 5.74) is 4.54. The zero-order valence-corrected chi connectivity index (χ0v) is 15.3. The number of aryl methyl sites for hydroxylation is 1. The summed E-state index contributed by atoms with van der Waals surface area (Å²) in [6.45, 7) is 11.7. The van der Waals surface area contributed by atoms with Crippen molar-refractivity contribution in [1.29, 1.82) is 0 Å². The van der Waals surface area contributed by atoms with Gasteiger partial charge in [-0.15, -0.1) is 0 Å². The van der Waals surface area contributed by atoms with Gasteiger partial charge in [-0.3, -0.25) is 4.79 Å². The quantitative estimate of drug-likeness (QED) is 0.756.